The van der Waals surface area contributed by atoms with E-state index in [2.05, 4.69) is 57.7 Å². The third kappa shape index (κ3) is 4.90. The van der Waals surface area contributed by atoms with Crippen molar-refractivity contribution in [1.82, 2.24) is 19.4 Å². The fourth-order valence-corrected chi connectivity index (χ4v) is 5.89. The van der Waals surface area contributed by atoms with E-state index in [9.17, 15) is 10.1 Å². The van der Waals surface area contributed by atoms with Gasteiger partial charge in [-0.15, -0.1) is 11.6 Å². The lowest BCUT2D eigenvalue weighted by molar-refractivity contribution is 0.245. The van der Waals surface area contributed by atoms with Crippen molar-refractivity contribution in [2.75, 3.05) is 11.9 Å². The van der Waals surface area contributed by atoms with Gasteiger partial charge in [0.2, 0.25) is 5.95 Å². The standard InChI is InChI=1S/C30H29ClN6O/c31-15-20-5-7-21(8-6-20)18-36-12-11-22-14-26(10-9-23(22)19-36)34-30-33-17-25-13-24(16-32)29(38)37(28(25)35-30)27-3-1-2-4-27/h5-10,13-14,17,27H,1-4,11-12,15,18-19H2,(H,33,34,35). The van der Waals surface area contributed by atoms with Crippen LogP contribution in [-0.2, 0) is 25.4 Å². The van der Waals surface area contributed by atoms with Crippen molar-refractivity contribution in [2.45, 2.75) is 57.1 Å². The molecule has 0 amide bonds. The molecule has 1 saturated carbocycles. The van der Waals surface area contributed by atoms with E-state index in [0.29, 0.717) is 22.9 Å². The van der Waals surface area contributed by atoms with Gasteiger partial charge in [-0.3, -0.25) is 14.3 Å². The molecule has 0 unspecified atom stereocenters. The molecule has 0 radical (unpaired) electrons. The number of halogens is 1. The Hall–Kier alpha value is -3.73. The third-order valence-electron chi connectivity index (χ3n) is 7.72. The number of aromatic nitrogens is 3. The second kappa shape index (κ2) is 10.6. The number of anilines is 2. The Balaban J connectivity index is 1.22. The predicted octanol–water partition coefficient (Wildman–Crippen LogP) is 5.82. The van der Waals surface area contributed by atoms with E-state index in [1.807, 2.05) is 6.07 Å². The largest absolute Gasteiger partial charge is 0.324 e. The Labute approximate surface area is 226 Å². The summed E-state index contributed by atoms with van der Waals surface area (Å²) < 4.78 is 1.72. The summed E-state index contributed by atoms with van der Waals surface area (Å²) in [6.45, 7) is 2.83. The van der Waals surface area contributed by atoms with Gasteiger partial charge in [0.25, 0.3) is 5.56 Å². The average Bonchev–Trinajstić information content (AvgIpc) is 3.48. The number of fused-ring (bicyclic) bond motifs is 2. The lowest BCUT2D eigenvalue weighted by Gasteiger charge is -2.29. The second-order valence-corrected chi connectivity index (χ2v) is 10.5. The molecule has 1 aliphatic carbocycles. The summed E-state index contributed by atoms with van der Waals surface area (Å²) >= 11 is 5.92. The van der Waals surface area contributed by atoms with Crippen LogP contribution in [0.15, 0.2) is 59.5 Å². The molecular weight excluding hydrogens is 496 g/mol. The van der Waals surface area contributed by atoms with Crippen LogP contribution in [0.3, 0.4) is 0 Å². The van der Waals surface area contributed by atoms with Crippen LogP contribution in [0.1, 0.15) is 59.5 Å². The Morgan fingerprint density at radius 3 is 2.61 bits per heavy atom. The van der Waals surface area contributed by atoms with Crippen LogP contribution in [0.25, 0.3) is 11.0 Å². The molecule has 7 nitrogen and oxygen atoms in total. The van der Waals surface area contributed by atoms with Crippen molar-refractivity contribution in [1.29, 1.82) is 5.26 Å². The van der Waals surface area contributed by atoms with Gasteiger partial charge in [-0.2, -0.15) is 10.2 Å². The van der Waals surface area contributed by atoms with Gasteiger partial charge in [-0.25, -0.2) is 4.98 Å². The predicted molar refractivity (Wildman–Crippen MR) is 150 cm³/mol. The highest BCUT2D eigenvalue weighted by Crippen LogP contribution is 2.31. The minimum absolute atomic E-state index is 0.0750. The highest BCUT2D eigenvalue weighted by Gasteiger charge is 2.23. The first-order chi connectivity index (χ1) is 18.6. The minimum Gasteiger partial charge on any atom is -0.324 e. The number of nitrogens with one attached hydrogen (secondary N) is 1. The van der Waals surface area contributed by atoms with Gasteiger partial charge >= 0.3 is 0 Å². The first kappa shape index (κ1) is 24.6. The van der Waals surface area contributed by atoms with Crippen molar-refractivity contribution in [2.24, 2.45) is 0 Å². The Morgan fingerprint density at radius 2 is 1.84 bits per heavy atom. The van der Waals surface area contributed by atoms with Crippen molar-refractivity contribution < 1.29 is 0 Å². The third-order valence-corrected chi connectivity index (χ3v) is 8.03. The Kier molecular flexibility index (Phi) is 6.84. The molecule has 2 aliphatic rings. The Morgan fingerprint density at radius 1 is 1.05 bits per heavy atom. The SMILES string of the molecule is N#Cc1cc2cnc(Nc3ccc4c(c3)CCN(Cc3ccc(CCl)cc3)C4)nc2n(C2CCCC2)c1=O. The van der Waals surface area contributed by atoms with Gasteiger partial charge in [0.1, 0.15) is 17.3 Å². The van der Waals surface area contributed by atoms with Crippen LogP contribution in [0.5, 0.6) is 0 Å². The van der Waals surface area contributed by atoms with E-state index >= 15 is 0 Å². The van der Waals surface area contributed by atoms with E-state index < -0.39 is 0 Å². The maximum Gasteiger partial charge on any atom is 0.270 e. The number of pyridine rings is 1. The van der Waals surface area contributed by atoms with Crippen molar-refractivity contribution >= 4 is 34.3 Å². The second-order valence-electron chi connectivity index (χ2n) is 10.3. The van der Waals surface area contributed by atoms with Crippen molar-refractivity contribution in [3.8, 4) is 6.07 Å². The summed E-state index contributed by atoms with van der Waals surface area (Å²) in [6, 6.07) is 18.7. The molecule has 2 aromatic heterocycles. The number of hydrogen-bond donors (Lipinski definition) is 1. The molecule has 4 aromatic rings. The fraction of sp³-hybridized carbons (Fsp3) is 0.333. The summed E-state index contributed by atoms with van der Waals surface area (Å²) in [7, 11) is 0. The summed E-state index contributed by atoms with van der Waals surface area (Å²) in [5.74, 6) is 0.992. The maximum absolute atomic E-state index is 13.1. The van der Waals surface area contributed by atoms with E-state index in [4.69, 9.17) is 16.6 Å². The summed E-state index contributed by atoms with van der Waals surface area (Å²) in [4.78, 5) is 24.8. The molecule has 0 atom stereocenters. The van der Waals surface area contributed by atoms with Crippen LogP contribution < -0.4 is 10.9 Å². The van der Waals surface area contributed by atoms with Gasteiger partial charge < -0.3 is 5.32 Å². The normalized spacial score (nSPS) is 15.9. The average molecular weight is 525 g/mol. The van der Waals surface area contributed by atoms with Gasteiger partial charge in [-0.05, 0) is 59.7 Å². The molecule has 8 heteroatoms. The molecule has 192 valence electrons. The van der Waals surface area contributed by atoms with Crippen LogP contribution in [0, 0.1) is 11.3 Å². The molecule has 1 aliphatic heterocycles. The lowest BCUT2D eigenvalue weighted by Crippen LogP contribution is -2.30. The molecular formula is C30H29ClN6O. The summed E-state index contributed by atoms with van der Waals surface area (Å²) in [5.41, 5.74) is 6.50. The van der Waals surface area contributed by atoms with Crippen LogP contribution in [0.2, 0.25) is 0 Å². The van der Waals surface area contributed by atoms with Gasteiger partial charge in [0.15, 0.2) is 0 Å². The molecule has 1 N–H and O–H groups in total. The highest BCUT2D eigenvalue weighted by atomic mass is 35.5. The smallest absolute Gasteiger partial charge is 0.270 e. The monoisotopic (exact) mass is 524 g/mol. The highest BCUT2D eigenvalue weighted by molar-refractivity contribution is 6.17. The first-order valence-electron chi connectivity index (χ1n) is 13.2. The van der Waals surface area contributed by atoms with Crippen LogP contribution >= 0.6 is 11.6 Å². The zero-order valence-corrected chi connectivity index (χ0v) is 21.9. The number of alkyl halides is 1. The number of nitrogens with zero attached hydrogens (tertiary/aromatic N) is 5. The fourth-order valence-electron chi connectivity index (χ4n) is 5.71. The molecule has 0 saturated heterocycles. The van der Waals surface area contributed by atoms with Crippen molar-refractivity contribution in [3.63, 3.8) is 0 Å². The molecule has 3 heterocycles. The van der Waals surface area contributed by atoms with Crippen LogP contribution in [0.4, 0.5) is 11.6 Å². The van der Waals surface area contributed by atoms with Crippen molar-refractivity contribution in [3.05, 3.63) is 92.9 Å². The molecule has 1 fully saturated rings. The number of benzene rings is 2. The van der Waals surface area contributed by atoms with E-state index in [-0.39, 0.29) is 17.2 Å². The van der Waals surface area contributed by atoms with Gasteiger partial charge in [0, 0.05) is 48.8 Å². The molecule has 2 aromatic carbocycles. The minimum atomic E-state index is -0.259. The van der Waals surface area contributed by atoms with E-state index in [1.165, 1.54) is 16.7 Å². The summed E-state index contributed by atoms with van der Waals surface area (Å²) in [5, 5.41) is 13.5. The topological polar surface area (TPSA) is 86.8 Å². The quantitative estimate of drug-likeness (QED) is 0.320. The zero-order chi connectivity index (χ0) is 26.1. The summed E-state index contributed by atoms with van der Waals surface area (Å²) in [6.07, 6.45) is 6.69. The molecule has 0 spiro atoms. The maximum atomic E-state index is 13.1. The number of hydrogen-bond acceptors (Lipinski definition) is 6. The number of nitriles is 1. The van der Waals surface area contributed by atoms with E-state index in [0.717, 1.165) is 63.0 Å². The van der Waals surface area contributed by atoms with Crippen LogP contribution in [-0.4, -0.2) is 26.0 Å². The van der Waals surface area contributed by atoms with Gasteiger partial charge in [0.05, 0.1) is 0 Å². The zero-order valence-electron chi connectivity index (χ0n) is 21.2. The lowest BCUT2D eigenvalue weighted by atomic mass is 9.98. The number of rotatable bonds is 6. The molecule has 0 bridgehead atoms. The van der Waals surface area contributed by atoms with Gasteiger partial charge in [-0.1, -0.05) is 43.2 Å². The Bertz CT molecular complexity index is 1580. The first-order valence-corrected chi connectivity index (χ1v) is 13.7. The van der Waals surface area contributed by atoms with E-state index in [1.54, 1.807) is 16.8 Å². The molecule has 6 rings (SSSR count). The molecule has 38 heavy (non-hydrogen) atoms.